The summed E-state index contributed by atoms with van der Waals surface area (Å²) < 4.78 is 3.25. The summed E-state index contributed by atoms with van der Waals surface area (Å²) in [5.41, 5.74) is 0. The Morgan fingerprint density at radius 3 is 1.29 bits per heavy atom. The molecule has 0 unspecified atom stereocenters. The van der Waals surface area contributed by atoms with E-state index in [1.54, 1.807) is 8.87 Å². The summed E-state index contributed by atoms with van der Waals surface area (Å²) in [5, 5.41) is 14.8. The van der Waals surface area contributed by atoms with Crippen molar-refractivity contribution < 1.29 is 19.8 Å². The molecule has 0 aliphatic carbocycles. The van der Waals surface area contributed by atoms with Gasteiger partial charge in [-0.1, -0.05) is 0 Å². The van der Waals surface area contributed by atoms with E-state index in [0.29, 0.717) is 0 Å². The fourth-order valence-electron chi connectivity index (χ4n) is 0.729. The number of aliphatic carboxylic acids is 2. The van der Waals surface area contributed by atoms with Crippen LogP contribution in [0, 0.1) is 0 Å². The van der Waals surface area contributed by atoms with Gasteiger partial charge in [0.05, 0.1) is 0 Å². The van der Waals surface area contributed by atoms with Crippen molar-refractivity contribution in [3.05, 3.63) is 0 Å². The van der Waals surface area contributed by atoms with Crippen molar-refractivity contribution in [2.45, 2.75) is 62.3 Å². The molecular formula is C12H26O4Sn. The van der Waals surface area contributed by atoms with Crippen LogP contribution in [0.1, 0.15) is 53.4 Å². The van der Waals surface area contributed by atoms with Crippen LogP contribution in [0.4, 0.5) is 0 Å². The molecule has 4 nitrogen and oxygen atoms in total. The molecule has 0 aliphatic heterocycles. The van der Waals surface area contributed by atoms with Crippen molar-refractivity contribution in [2.24, 2.45) is 0 Å². The topological polar surface area (TPSA) is 74.6 Å². The summed E-state index contributed by atoms with van der Waals surface area (Å²) in [6, 6.07) is 0. The molecule has 0 saturated heterocycles. The van der Waals surface area contributed by atoms with Crippen LogP contribution in [0.25, 0.3) is 0 Å². The predicted molar refractivity (Wildman–Crippen MR) is 71.8 cm³/mol. The van der Waals surface area contributed by atoms with Gasteiger partial charge < -0.3 is 10.2 Å². The fraction of sp³-hybridized carbons (Fsp3) is 0.833. The van der Waals surface area contributed by atoms with E-state index in [0.717, 1.165) is 13.8 Å². The number of carboxylic acids is 2. The van der Waals surface area contributed by atoms with Gasteiger partial charge in [0.25, 0.3) is 11.9 Å². The summed E-state index contributed by atoms with van der Waals surface area (Å²) in [6.45, 7) is 6.75. The second-order valence-corrected chi connectivity index (χ2v) is 7.78. The zero-order valence-electron chi connectivity index (χ0n) is 11.5. The molecule has 0 aromatic rings. The van der Waals surface area contributed by atoms with E-state index in [-0.39, 0.29) is 21.1 Å². The molecule has 0 aromatic heterocycles. The second kappa shape index (κ2) is 21.1. The first kappa shape index (κ1) is 22.0. The molecule has 0 amide bonds. The first-order valence-corrected chi connectivity index (χ1v) is 10.0. The Morgan fingerprint density at radius 2 is 1.12 bits per heavy atom. The van der Waals surface area contributed by atoms with Crippen LogP contribution in [0.3, 0.4) is 0 Å². The first-order valence-electron chi connectivity index (χ1n) is 5.98. The van der Waals surface area contributed by atoms with Crippen LogP contribution < -0.4 is 0 Å². The Labute approximate surface area is 115 Å². The van der Waals surface area contributed by atoms with Gasteiger partial charge in [0, 0.05) is 13.8 Å². The quantitative estimate of drug-likeness (QED) is 0.568. The molecule has 5 heteroatoms. The summed E-state index contributed by atoms with van der Waals surface area (Å²) in [6.07, 6.45) is 5.84. The van der Waals surface area contributed by atoms with Crippen LogP contribution in [-0.4, -0.2) is 43.3 Å². The SMILES string of the molecule is CC(=O)O.CC(=O)O.CCC[CH2][Sn][CH2]CCC. The molecule has 0 bridgehead atoms. The molecule has 17 heavy (non-hydrogen) atoms. The van der Waals surface area contributed by atoms with Gasteiger partial charge >= 0.3 is 69.5 Å². The number of hydrogen-bond donors (Lipinski definition) is 2. The van der Waals surface area contributed by atoms with Gasteiger partial charge in [-0.25, -0.2) is 0 Å². The zero-order valence-corrected chi connectivity index (χ0v) is 14.3. The molecule has 0 saturated carbocycles. The number of rotatable bonds is 6. The molecule has 2 N–H and O–H groups in total. The third kappa shape index (κ3) is 90.2. The Morgan fingerprint density at radius 1 is 0.882 bits per heavy atom. The molecule has 0 rings (SSSR count). The maximum absolute atomic E-state index is 9.00. The number of hydrogen-bond acceptors (Lipinski definition) is 2. The van der Waals surface area contributed by atoms with Crippen LogP contribution in [-0.2, 0) is 9.59 Å². The van der Waals surface area contributed by atoms with Gasteiger partial charge in [0.2, 0.25) is 0 Å². The molecule has 0 atom stereocenters. The van der Waals surface area contributed by atoms with Crippen molar-refractivity contribution >= 4 is 33.1 Å². The van der Waals surface area contributed by atoms with E-state index in [9.17, 15) is 0 Å². The van der Waals surface area contributed by atoms with Gasteiger partial charge in [-0.2, -0.15) is 0 Å². The predicted octanol–water partition coefficient (Wildman–Crippen LogP) is 3.31. The summed E-state index contributed by atoms with van der Waals surface area (Å²) in [4.78, 5) is 18.0. The molecule has 0 fully saturated rings. The van der Waals surface area contributed by atoms with Crippen LogP contribution >= 0.6 is 0 Å². The summed E-state index contributed by atoms with van der Waals surface area (Å²) >= 11 is 0.149. The van der Waals surface area contributed by atoms with Crippen molar-refractivity contribution in [2.75, 3.05) is 0 Å². The molecule has 0 aromatic carbocycles. The normalized spacial score (nSPS) is 8.24. The Balaban J connectivity index is -0.000000205. The van der Waals surface area contributed by atoms with E-state index >= 15 is 0 Å². The summed E-state index contributed by atoms with van der Waals surface area (Å²) in [5.74, 6) is -1.67. The van der Waals surface area contributed by atoms with E-state index in [1.165, 1.54) is 25.7 Å². The molecule has 0 spiro atoms. The van der Waals surface area contributed by atoms with Gasteiger partial charge in [-0.3, -0.25) is 9.59 Å². The van der Waals surface area contributed by atoms with Crippen LogP contribution in [0.15, 0.2) is 0 Å². The monoisotopic (exact) mass is 354 g/mol. The van der Waals surface area contributed by atoms with Gasteiger partial charge in [-0.15, -0.1) is 0 Å². The van der Waals surface area contributed by atoms with E-state index < -0.39 is 11.9 Å². The Hall–Kier alpha value is -0.261. The third-order valence-corrected chi connectivity index (χ3v) is 5.45. The number of unbranched alkanes of at least 4 members (excludes halogenated alkanes) is 2. The van der Waals surface area contributed by atoms with Gasteiger partial charge in [0.1, 0.15) is 0 Å². The number of carbonyl (C=O) groups is 2. The van der Waals surface area contributed by atoms with E-state index in [4.69, 9.17) is 19.8 Å². The standard InChI is InChI=1S/2C4H9.2C2H4O2.Sn/c2*1-3-4-2;2*1-2(3)4;/h2*1,3-4H2,2H3;2*1H3,(H,3,4);. The molecule has 0 heterocycles. The second-order valence-electron chi connectivity index (χ2n) is 3.50. The third-order valence-electron chi connectivity index (χ3n) is 1.41. The zero-order chi connectivity index (χ0) is 14.1. The molecule has 0 aliphatic rings. The molecule has 2 radical (unpaired) electrons. The van der Waals surface area contributed by atoms with Crippen molar-refractivity contribution in [1.82, 2.24) is 0 Å². The minimum atomic E-state index is -0.833. The number of carboxylic acid groups (broad SMARTS) is 2. The molecular weight excluding hydrogens is 327 g/mol. The van der Waals surface area contributed by atoms with Gasteiger partial charge in [-0.05, 0) is 0 Å². The van der Waals surface area contributed by atoms with E-state index in [2.05, 4.69) is 13.8 Å². The van der Waals surface area contributed by atoms with Gasteiger partial charge in [0.15, 0.2) is 0 Å². The van der Waals surface area contributed by atoms with Crippen molar-refractivity contribution in [1.29, 1.82) is 0 Å². The average molecular weight is 353 g/mol. The Kier molecular flexibility index (Phi) is 27.2. The molecule has 102 valence electrons. The fourth-order valence-corrected chi connectivity index (χ4v) is 4.89. The van der Waals surface area contributed by atoms with Crippen LogP contribution in [0.2, 0.25) is 8.87 Å². The Bertz CT molecular complexity index is 146. The summed E-state index contributed by atoms with van der Waals surface area (Å²) in [7, 11) is 0. The van der Waals surface area contributed by atoms with Crippen molar-refractivity contribution in [3.63, 3.8) is 0 Å². The van der Waals surface area contributed by atoms with E-state index in [1.807, 2.05) is 0 Å². The first-order chi connectivity index (χ1) is 7.88. The van der Waals surface area contributed by atoms with Crippen molar-refractivity contribution in [3.8, 4) is 0 Å². The van der Waals surface area contributed by atoms with Crippen LogP contribution in [0.5, 0.6) is 0 Å². The minimum absolute atomic E-state index is 0.149. The maximum atomic E-state index is 9.00. The average Bonchev–Trinajstić information content (AvgIpc) is 2.16.